The molecule has 2 heterocycles. The van der Waals surface area contributed by atoms with E-state index < -0.39 is 4.92 Å². The summed E-state index contributed by atoms with van der Waals surface area (Å²) >= 11 is 5.89. The SMILES string of the molecule is Cc1cc(N2CCN(C)CC2)c([N+](=O)[O-])c(Cl)n1. The number of aromatic nitrogens is 1. The predicted molar refractivity (Wildman–Crippen MR) is 70.3 cm³/mol. The standard InChI is InChI=1S/C11H15ClN4O2/c1-8-7-9(10(16(17)18)11(12)13-8)15-5-3-14(2)4-6-15/h7H,3-6H2,1-2H3. The lowest BCUT2D eigenvalue weighted by atomic mass is 10.2. The summed E-state index contributed by atoms with van der Waals surface area (Å²) in [5.74, 6) is 0. The Morgan fingerprint density at radius 3 is 2.56 bits per heavy atom. The highest BCUT2D eigenvalue weighted by Crippen LogP contribution is 2.34. The zero-order chi connectivity index (χ0) is 13.3. The van der Waals surface area contributed by atoms with Gasteiger partial charge in [0.2, 0.25) is 5.15 Å². The van der Waals surface area contributed by atoms with Gasteiger partial charge in [0.05, 0.1) is 4.92 Å². The van der Waals surface area contributed by atoms with Crippen molar-refractivity contribution in [2.24, 2.45) is 0 Å². The van der Waals surface area contributed by atoms with Crippen LogP contribution in [0.5, 0.6) is 0 Å². The maximum Gasteiger partial charge on any atom is 0.329 e. The van der Waals surface area contributed by atoms with Crippen LogP contribution < -0.4 is 4.90 Å². The van der Waals surface area contributed by atoms with Crippen LogP contribution in [0.4, 0.5) is 11.4 Å². The van der Waals surface area contributed by atoms with Crippen molar-refractivity contribution in [3.05, 3.63) is 27.0 Å². The number of rotatable bonds is 2. The number of nitrogens with zero attached hydrogens (tertiary/aromatic N) is 4. The molecule has 1 aliphatic rings. The van der Waals surface area contributed by atoms with Gasteiger partial charge in [-0.1, -0.05) is 11.6 Å². The van der Waals surface area contributed by atoms with Crippen LogP contribution in [0.25, 0.3) is 0 Å². The largest absolute Gasteiger partial charge is 0.363 e. The molecule has 18 heavy (non-hydrogen) atoms. The fraction of sp³-hybridized carbons (Fsp3) is 0.545. The van der Waals surface area contributed by atoms with Gasteiger partial charge in [-0.15, -0.1) is 0 Å². The number of hydrogen-bond acceptors (Lipinski definition) is 5. The van der Waals surface area contributed by atoms with E-state index in [1.54, 1.807) is 13.0 Å². The number of anilines is 1. The molecule has 1 aliphatic heterocycles. The minimum absolute atomic E-state index is 0.0334. The molecule has 0 aliphatic carbocycles. The molecule has 0 aromatic carbocycles. The van der Waals surface area contributed by atoms with Crippen molar-refractivity contribution in [3.8, 4) is 0 Å². The lowest BCUT2D eigenvalue weighted by Gasteiger charge is -2.33. The summed E-state index contributed by atoms with van der Waals surface area (Å²) in [6.45, 7) is 5.08. The molecular weight excluding hydrogens is 256 g/mol. The van der Waals surface area contributed by atoms with Gasteiger partial charge in [0.1, 0.15) is 5.69 Å². The van der Waals surface area contributed by atoms with Gasteiger partial charge in [-0.2, -0.15) is 0 Å². The molecule has 0 bridgehead atoms. The number of nitro groups is 1. The van der Waals surface area contributed by atoms with Crippen LogP contribution in [0.1, 0.15) is 5.69 Å². The summed E-state index contributed by atoms with van der Waals surface area (Å²) in [6.07, 6.45) is 0. The van der Waals surface area contributed by atoms with Gasteiger partial charge in [0.25, 0.3) is 0 Å². The summed E-state index contributed by atoms with van der Waals surface area (Å²) in [7, 11) is 2.04. The van der Waals surface area contributed by atoms with Gasteiger partial charge in [-0.05, 0) is 20.0 Å². The molecule has 1 aromatic rings. The fourth-order valence-electron chi connectivity index (χ4n) is 2.07. The van der Waals surface area contributed by atoms with Crippen LogP contribution >= 0.6 is 11.6 Å². The Hall–Kier alpha value is -1.40. The molecule has 0 amide bonds. The maximum absolute atomic E-state index is 11.1. The number of pyridine rings is 1. The number of halogens is 1. The van der Waals surface area contributed by atoms with Crippen LogP contribution in [0.2, 0.25) is 5.15 Å². The predicted octanol–water partition coefficient (Wildman–Crippen LogP) is 1.70. The number of likely N-dealkylation sites (N-methyl/N-ethyl adjacent to an activating group) is 1. The third-order valence-corrected chi connectivity index (χ3v) is 3.35. The van der Waals surface area contributed by atoms with E-state index in [9.17, 15) is 10.1 Å². The molecule has 98 valence electrons. The molecule has 0 unspecified atom stereocenters. The highest BCUT2D eigenvalue weighted by molar-refractivity contribution is 6.32. The first-order valence-corrected chi connectivity index (χ1v) is 6.12. The molecule has 6 nitrogen and oxygen atoms in total. The Kier molecular flexibility index (Phi) is 3.68. The van der Waals surface area contributed by atoms with Gasteiger partial charge in [0, 0.05) is 31.9 Å². The van der Waals surface area contributed by atoms with E-state index in [-0.39, 0.29) is 10.8 Å². The Bertz CT molecular complexity index is 472. The molecule has 1 saturated heterocycles. The molecular formula is C11H15ClN4O2. The quantitative estimate of drug-likeness (QED) is 0.465. The van der Waals surface area contributed by atoms with E-state index in [2.05, 4.69) is 9.88 Å². The van der Waals surface area contributed by atoms with Gasteiger partial charge < -0.3 is 9.80 Å². The first kappa shape index (κ1) is 13.0. The molecule has 2 rings (SSSR count). The van der Waals surface area contributed by atoms with E-state index in [0.717, 1.165) is 26.2 Å². The average molecular weight is 271 g/mol. The van der Waals surface area contributed by atoms with Crippen molar-refractivity contribution in [3.63, 3.8) is 0 Å². The highest BCUT2D eigenvalue weighted by Gasteiger charge is 2.26. The molecule has 1 aromatic heterocycles. The molecule has 1 fully saturated rings. The fourth-order valence-corrected chi connectivity index (χ4v) is 2.37. The van der Waals surface area contributed by atoms with E-state index in [0.29, 0.717) is 11.4 Å². The first-order valence-electron chi connectivity index (χ1n) is 5.74. The second kappa shape index (κ2) is 5.07. The Morgan fingerprint density at radius 2 is 2.00 bits per heavy atom. The number of aryl methyl sites for hydroxylation is 1. The van der Waals surface area contributed by atoms with Crippen molar-refractivity contribution in [1.82, 2.24) is 9.88 Å². The minimum Gasteiger partial charge on any atom is -0.363 e. The molecule has 7 heteroatoms. The first-order chi connectivity index (χ1) is 8.49. The summed E-state index contributed by atoms with van der Waals surface area (Å²) in [5.41, 5.74) is 1.18. The highest BCUT2D eigenvalue weighted by atomic mass is 35.5. The van der Waals surface area contributed by atoms with Crippen molar-refractivity contribution in [1.29, 1.82) is 0 Å². The smallest absolute Gasteiger partial charge is 0.329 e. The summed E-state index contributed by atoms with van der Waals surface area (Å²) < 4.78 is 0. The number of hydrogen-bond donors (Lipinski definition) is 0. The van der Waals surface area contributed by atoms with E-state index in [4.69, 9.17) is 11.6 Å². The monoisotopic (exact) mass is 270 g/mol. The molecule has 0 spiro atoms. The molecule has 0 atom stereocenters. The lowest BCUT2D eigenvalue weighted by Crippen LogP contribution is -2.44. The normalized spacial score (nSPS) is 16.9. The average Bonchev–Trinajstić information content (AvgIpc) is 2.28. The van der Waals surface area contributed by atoms with Crippen LogP contribution in [0.3, 0.4) is 0 Å². The third-order valence-electron chi connectivity index (χ3n) is 3.08. The van der Waals surface area contributed by atoms with Gasteiger partial charge in [0.15, 0.2) is 0 Å². The van der Waals surface area contributed by atoms with Crippen molar-refractivity contribution < 1.29 is 4.92 Å². The zero-order valence-electron chi connectivity index (χ0n) is 10.4. The van der Waals surface area contributed by atoms with Gasteiger partial charge in [-0.3, -0.25) is 10.1 Å². The molecule has 0 saturated carbocycles. The van der Waals surface area contributed by atoms with Crippen LogP contribution in [-0.2, 0) is 0 Å². The van der Waals surface area contributed by atoms with Gasteiger partial charge >= 0.3 is 5.69 Å². The third kappa shape index (κ3) is 2.54. The molecule has 0 radical (unpaired) electrons. The Labute approximate surface area is 110 Å². The lowest BCUT2D eigenvalue weighted by molar-refractivity contribution is -0.384. The van der Waals surface area contributed by atoms with Crippen LogP contribution in [0, 0.1) is 17.0 Å². The summed E-state index contributed by atoms with van der Waals surface area (Å²) in [4.78, 5) is 18.8. The maximum atomic E-state index is 11.1. The van der Waals surface area contributed by atoms with Crippen molar-refractivity contribution in [2.75, 3.05) is 38.1 Å². The summed E-state index contributed by atoms with van der Waals surface area (Å²) in [5, 5.41) is 11.1. The second-order valence-electron chi connectivity index (χ2n) is 4.47. The zero-order valence-corrected chi connectivity index (χ0v) is 11.1. The van der Waals surface area contributed by atoms with Crippen molar-refractivity contribution in [2.45, 2.75) is 6.92 Å². The Balaban J connectivity index is 2.39. The summed E-state index contributed by atoms with van der Waals surface area (Å²) in [6, 6.07) is 1.73. The second-order valence-corrected chi connectivity index (χ2v) is 4.83. The van der Waals surface area contributed by atoms with Crippen LogP contribution in [-0.4, -0.2) is 48.0 Å². The van der Waals surface area contributed by atoms with E-state index in [1.807, 2.05) is 11.9 Å². The topological polar surface area (TPSA) is 62.5 Å². The Morgan fingerprint density at radius 1 is 1.39 bits per heavy atom. The van der Waals surface area contributed by atoms with E-state index >= 15 is 0 Å². The minimum atomic E-state index is -0.456. The molecule has 0 N–H and O–H groups in total. The van der Waals surface area contributed by atoms with Crippen LogP contribution in [0.15, 0.2) is 6.07 Å². The van der Waals surface area contributed by atoms with Crippen molar-refractivity contribution >= 4 is 23.0 Å². The van der Waals surface area contributed by atoms with E-state index in [1.165, 1.54) is 0 Å². The number of piperazine rings is 1. The van der Waals surface area contributed by atoms with Gasteiger partial charge in [-0.25, -0.2) is 4.98 Å².